The molecule has 0 radical (unpaired) electrons. The standard InChI is InChI=1S/C13H13IN2O3/c1-7-6-15-13(19-7)8(2)16-12(18)10-5-9(14)3-4-11(10)17/h3-6,8,17H,1-2H3,(H,16,18). The molecule has 0 bridgehead atoms. The molecule has 2 N–H and O–H groups in total. The zero-order chi connectivity index (χ0) is 14.0. The number of rotatable bonds is 3. The first-order valence-corrected chi connectivity index (χ1v) is 6.77. The molecular formula is C13H13IN2O3. The zero-order valence-electron chi connectivity index (χ0n) is 10.5. The zero-order valence-corrected chi connectivity index (χ0v) is 12.6. The molecule has 1 unspecified atom stereocenters. The van der Waals surface area contributed by atoms with Crippen LogP contribution in [0.3, 0.4) is 0 Å². The third-order valence-corrected chi connectivity index (χ3v) is 3.23. The number of amides is 1. The van der Waals surface area contributed by atoms with Crippen molar-refractivity contribution in [3.63, 3.8) is 0 Å². The monoisotopic (exact) mass is 372 g/mol. The van der Waals surface area contributed by atoms with Crippen LogP contribution in [0.2, 0.25) is 0 Å². The van der Waals surface area contributed by atoms with Crippen molar-refractivity contribution in [1.29, 1.82) is 0 Å². The van der Waals surface area contributed by atoms with Crippen molar-refractivity contribution in [1.82, 2.24) is 10.3 Å². The molecule has 2 rings (SSSR count). The van der Waals surface area contributed by atoms with E-state index in [1.54, 1.807) is 32.2 Å². The van der Waals surface area contributed by atoms with Gasteiger partial charge in [-0.15, -0.1) is 0 Å². The van der Waals surface area contributed by atoms with E-state index in [4.69, 9.17) is 4.42 Å². The minimum absolute atomic E-state index is 0.0475. The third-order valence-electron chi connectivity index (χ3n) is 2.56. The van der Waals surface area contributed by atoms with Crippen LogP contribution in [0.5, 0.6) is 5.75 Å². The summed E-state index contributed by atoms with van der Waals surface area (Å²) in [7, 11) is 0. The number of benzene rings is 1. The average molecular weight is 372 g/mol. The molecule has 1 atom stereocenters. The number of aryl methyl sites for hydroxylation is 1. The second-order valence-corrected chi connectivity index (χ2v) is 5.41. The van der Waals surface area contributed by atoms with Crippen molar-refractivity contribution in [3.8, 4) is 5.75 Å². The highest BCUT2D eigenvalue weighted by Crippen LogP contribution is 2.21. The number of carbonyl (C=O) groups excluding carboxylic acids is 1. The van der Waals surface area contributed by atoms with Crippen molar-refractivity contribution in [3.05, 3.63) is 45.2 Å². The van der Waals surface area contributed by atoms with Gasteiger partial charge in [-0.3, -0.25) is 4.79 Å². The summed E-state index contributed by atoms with van der Waals surface area (Å²) in [5.74, 6) is 0.720. The molecule has 0 fully saturated rings. The van der Waals surface area contributed by atoms with Gasteiger partial charge in [0.15, 0.2) is 0 Å². The highest BCUT2D eigenvalue weighted by Gasteiger charge is 2.17. The van der Waals surface area contributed by atoms with Gasteiger partial charge in [0.1, 0.15) is 17.6 Å². The van der Waals surface area contributed by atoms with Crippen LogP contribution < -0.4 is 5.32 Å². The van der Waals surface area contributed by atoms with E-state index in [0.29, 0.717) is 11.7 Å². The quantitative estimate of drug-likeness (QED) is 0.813. The number of phenols is 1. The summed E-state index contributed by atoms with van der Waals surface area (Å²) in [5, 5.41) is 12.4. The van der Waals surface area contributed by atoms with E-state index in [1.165, 1.54) is 6.07 Å². The number of phenolic OH excluding ortho intramolecular Hbond substituents is 1. The Bertz CT molecular complexity index is 610. The number of aromatic nitrogens is 1. The summed E-state index contributed by atoms with van der Waals surface area (Å²) < 4.78 is 6.22. The Kier molecular flexibility index (Phi) is 4.08. The van der Waals surface area contributed by atoms with Gasteiger partial charge in [0.2, 0.25) is 5.89 Å². The van der Waals surface area contributed by atoms with Crippen LogP contribution in [0, 0.1) is 10.5 Å². The van der Waals surface area contributed by atoms with E-state index in [1.807, 2.05) is 0 Å². The maximum Gasteiger partial charge on any atom is 0.255 e. The summed E-state index contributed by atoms with van der Waals surface area (Å²) >= 11 is 2.08. The van der Waals surface area contributed by atoms with Gasteiger partial charge < -0.3 is 14.8 Å². The molecule has 6 heteroatoms. The van der Waals surface area contributed by atoms with E-state index in [2.05, 4.69) is 32.9 Å². The van der Waals surface area contributed by atoms with Gasteiger partial charge in [-0.2, -0.15) is 0 Å². The first kappa shape index (κ1) is 13.9. The van der Waals surface area contributed by atoms with Gasteiger partial charge in [-0.05, 0) is 54.6 Å². The minimum atomic E-state index is -0.363. The summed E-state index contributed by atoms with van der Waals surface area (Å²) in [6, 6.07) is 4.49. The molecule has 1 aromatic carbocycles. The number of hydrogen-bond donors (Lipinski definition) is 2. The second-order valence-electron chi connectivity index (χ2n) is 4.17. The lowest BCUT2D eigenvalue weighted by molar-refractivity contribution is 0.0931. The highest BCUT2D eigenvalue weighted by atomic mass is 127. The van der Waals surface area contributed by atoms with E-state index in [-0.39, 0.29) is 23.3 Å². The largest absolute Gasteiger partial charge is 0.507 e. The Morgan fingerprint density at radius 3 is 2.89 bits per heavy atom. The molecule has 100 valence electrons. The smallest absolute Gasteiger partial charge is 0.255 e. The maximum atomic E-state index is 12.1. The number of hydrogen-bond acceptors (Lipinski definition) is 4. The third kappa shape index (κ3) is 3.25. The number of nitrogens with one attached hydrogen (secondary N) is 1. The Morgan fingerprint density at radius 2 is 2.26 bits per heavy atom. The van der Waals surface area contributed by atoms with Crippen LogP contribution in [0.1, 0.15) is 35.0 Å². The molecule has 19 heavy (non-hydrogen) atoms. The normalized spacial score (nSPS) is 12.2. The molecule has 0 saturated heterocycles. The number of oxazole rings is 1. The average Bonchev–Trinajstić information content (AvgIpc) is 2.79. The number of nitrogens with zero attached hydrogens (tertiary/aromatic N) is 1. The lowest BCUT2D eigenvalue weighted by atomic mass is 10.2. The van der Waals surface area contributed by atoms with Gasteiger partial charge in [0, 0.05) is 3.57 Å². The van der Waals surface area contributed by atoms with Crippen molar-refractivity contribution in [2.45, 2.75) is 19.9 Å². The summed E-state index contributed by atoms with van der Waals surface area (Å²) in [4.78, 5) is 16.1. The van der Waals surface area contributed by atoms with E-state index in [9.17, 15) is 9.90 Å². The van der Waals surface area contributed by atoms with Crippen LogP contribution in [-0.4, -0.2) is 16.0 Å². The summed E-state index contributed by atoms with van der Waals surface area (Å²) in [5.41, 5.74) is 0.238. The first-order chi connectivity index (χ1) is 8.97. The van der Waals surface area contributed by atoms with E-state index >= 15 is 0 Å². The van der Waals surface area contributed by atoms with Crippen molar-refractivity contribution >= 4 is 28.5 Å². The van der Waals surface area contributed by atoms with Gasteiger partial charge in [0.25, 0.3) is 5.91 Å². The fourth-order valence-corrected chi connectivity index (χ4v) is 2.09. The number of aromatic hydroxyl groups is 1. The summed E-state index contributed by atoms with van der Waals surface area (Å²) in [6.45, 7) is 3.56. The highest BCUT2D eigenvalue weighted by molar-refractivity contribution is 14.1. The second kappa shape index (κ2) is 5.60. The predicted molar refractivity (Wildman–Crippen MR) is 77.9 cm³/mol. The number of halogens is 1. The van der Waals surface area contributed by atoms with E-state index in [0.717, 1.165) is 3.57 Å². The van der Waals surface area contributed by atoms with Crippen molar-refractivity contribution in [2.24, 2.45) is 0 Å². The molecular weight excluding hydrogens is 359 g/mol. The van der Waals surface area contributed by atoms with Gasteiger partial charge in [0.05, 0.1) is 11.8 Å². The minimum Gasteiger partial charge on any atom is -0.507 e. The molecule has 1 amide bonds. The Balaban J connectivity index is 2.15. The van der Waals surface area contributed by atoms with Crippen LogP contribution in [0.4, 0.5) is 0 Å². The maximum absolute atomic E-state index is 12.1. The topological polar surface area (TPSA) is 75.4 Å². The van der Waals surface area contributed by atoms with Crippen LogP contribution >= 0.6 is 22.6 Å². The predicted octanol–water partition coefficient (Wildman–Crippen LogP) is 2.78. The Morgan fingerprint density at radius 1 is 1.53 bits per heavy atom. The molecule has 2 aromatic rings. The van der Waals surface area contributed by atoms with Crippen LogP contribution in [-0.2, 0) is 0 Å². The van der Waals surface area contributed by atoms with E-state index < -0.39 is 0 Å². The Labute approximate surface area is 124 Å². The fraction of sp³-hybridized carbons (Fsp3) is 0.231. The molecule has 1 aromatic heterocycles. The van der Waals surface area contributed by atoms with Gasteiger partial charge in [-0.25, -0.2) is 4.98 Å². The first-order valence-electron chi connectivity index (χ1n) is 5.69. The van der Waals surface area contributed by atoms with Crippen LogP contribution in [0.25, 0.3) is 0 Å². The molecule has 0 aliphatic heterocycles. The lowest BCUT2D eigenvalue weighted by Gasteiger charge is -2.11. The Hall–Kier alpha value is -1.57. The van der Waals surface area contributed by atoms with Crippen LogP contribution in [0.15, 0.2) is 28.8 Å². The van der Waals surface area contributed by atoms with Gasteiger partial charge in [-0.1, -0.05) is 0 Å². The molecule has 1 heterocycles. The summed E-state index contributed by atoms with van der Waals surface area (Å²) in [6.07, 6.45) is 1.60. The molecule has 0 aliphatic carbocycles. The molecule has 0 saturated carbocycles. The van der Waals surface area contributed by atoms with Crippen molar-refractivity contribution in [2.75, 3.05) is 0 Å². The molecule has 0 spiro atoms. The lowest BCUT2D eigenvalue weighted by Crippen LogP contribution is -2.27. The molecule has 0 aliphatic rings. The van der Waals surface area contributed by atoms with Gasteiger partial charge >= 0.3 is 0 Å². The molecule has 5 nitrogen and oxygen atoms in total. The van der Waals surface area contributed by atoms with Crippen molar-refractivity contribution < 1.29 is 14.3 Å². The fourth-order valence-electron chi connectivity index (χ4n) is 1.60. The number of carbonyl (C=O) groups is 1. The SMILES string of the molecule is Cc1cnc(C(C)NC(=O)c2cc(I)ccc2O)o1.